The second-order valence-electron chi connectivity index (χ2n) is 10.1. The number of hydrogen-bond donors (Lipinski definition) is 0. The van der Waals surface area contributed by atoms with E-state index in [9.17, 15) is 5.26 Å². The maximum Gasteiger partial charge on any atom is 0.0782 e. The van der Waals surface area contributed by atoms with Gasteiger partial charge in [-0.3, -0.25) is 0 Å². The van der Waals surface area contributed by atoms with Gasteiger partial charge in [0.05, 0.1) is 11.5 Å². The first-order chi connectivity index (χ1) is 13.2. The van der Waals surface area contributed by atoms with E-state index in [-0.39, 0.29) is 5.41 Å². The zero-order valence-electron chi connectivity index (χ0n) is 18.1. The van der Waals surface area contributed by atoms with Crippen molar-refractivity contribution >= 4 is 0 Å². The molecule has 0 bridgehead atoms. The van der Waals surface area contributed by atoms with Gasteiger partial charge in [-0.15, -0.1) is 0 Å². The number of allylic oxidation sites excluding steroid dienone is 2. The first kappa shape index (κ1) is 21.0. The van der Waals surface area contributed by atoms with Gasteiger partial charge in [0.15, 0.2) is 0 Å². The fourth-order valence-corrected chi connectivity index (χ4v) is 6.54. The largest absolute Gasteiger partial charge is 0.197 e. The molecule has 0 amide bonds. The van der Waals surface area contributed by atoms with Crippen LogP contribution in [0.5, 0.6) is 0 Å². The molecule has 0 aliphatic heterocycles. The van der Waals surface area contributed by atoms with Crippen molar-refractivity contribution < 1.29 is 0 Å². The third-order valence-corrected chi connectivity index (χ3v) is 8.45. The molecule has 0 aromatic rings. The van der Waals surface area contributed by atoms with Crippen LogP contribution in [0.2, 0.25) is 0 Å². The number of hydrogen-bond acceptors (Lipinski definition) is 1. The molecule has 0 saturated heterocycles. The fourth-order valence-electron chi connectivity index (χ4n) is 6.54. The van der Waals surface area contributed by atoms with Crippen LogP contribution in [0.3, 0.4) is 0 Å². The zero-order chi connectivity index (χ0) is 19.1. The quantitative estimate of drug-likeness (QED) is 0.415. The molecule has 0 N–H and O–H groups in total. The summed E-state index contributed by atoms with van der Waals surface area (Å²) in [6.45, 7) is 4.62. The Hall–Kier alpha value is -0.770. The van der Waals surface area contributed by atoms with Gasteiger partial charge in [-0.1, -0.05) is 70.4 Å². The second kappa shape index (κ2) is 10.1. The summed E-state index contributed by atoms with van der Waals surface area (Å²) in [5.41, 5.74) is 1.44. The SMILES string of the molecule is CCCCC1CCC(C2CCC(C#N)(C3=CC[C@H](CCC)CC3)CC2)CC1. The lowest BCUT2D eigenvalue weighted by Crippen LogP contribution is -2.33. The van der Waals surface area contributed by atoms with Gasteiger partial charge in [0.2, 0.25) is 0 Å². The molecule has 0 heterocycles. The van der Waals surface area contributed by atoms with Crippen LogP contribution in [0.1, 0.15) is 117 Å². The van der Waals surface area contributed by atoms with Crippen LogP contribution >= 0.6 is 0 Å². The van der Waals surface area contributed by atoms with Crippen LogP contribution in [-0.4, -0.2) is 0 Å². The molecule has 0 aromatic carbocycles. The third kappa shape index (κ3) is 5.19. The predicted molar refractivity (Wildman–Crippen MR) is 115 cm³/mol. The summed E-state index contributed by atoms with van der Waals surface area (Å²) in [5.74, 6) is 3.78. The summed E-state index contributed by atoms with van der Waals surface area (Å²) < 4.78 is 0. The number of unbranched alkanes of at least 4 members (excludes halogenated alkanes) is 1. The molecule has 3 aliphatic rings. The topological polar surface area (TPSA) is 23.8 Å². The van der Waals surface area contributed by atoms with Gasteiger partial charge >= 0.3 is 0 Å². The van der Waals surface area contributed by atoms with Crippen molar-refractivity contribution in [3.63, 3.8) is 0 Å². The molecule has 27 heavy (non-hydrogen) atoms. The minimum absolute atomic E-state index is 0.0913. The molecule has 0 aromatic heterocycles. The molecular formula is C26H43N. The van der Waals surface area contributed by atoms with E-state index in [4.69, 9.17) is 0 Å². The van der Waals surface area contributed by atoms with E-state index >= 15 is 0 Å². The molecule has 0 radical (unpaired) electrons. The normalized spacial score (nSPS) is 37.4. The Labute approximate surface area is 169 Å². The van der Waals surface area contributed by atoms with Gasteiger partial charge in [0.25, 0.3) is 0 Å². The van der Waals surface area contributed by atoms with E-state index in [0.717, 1.165) is 36.5 Å². The van der Waals surface area contributed by atoms with Gasteiger partial charge in [-0.2, -0.15) is 5.26 Å². The van der Waals surface area contributed by atoms with Crippen molar-refractivity contribution in [2.75, 3.05) is 0 Å². The van der Waals surface area contributed by atoms with Crippen LogP contribution < -0.4 is 0 Å². The highest BCUT2D eigenvalue weighted by molar-refractivity contribution is 5.26. The van der Waals surface area contributed by atoms with Crippen LogP contribution in [0.4, 0.5) is 0 Å². The number of nitriles is 1. The summed E-state index contributed by atoms with van der Waals surface area (Å²) in [4.78, 5) is 0. The lowest BCUT2D eigenvalue weighted by molar-refractivity contribution is 0.130. The molecule has 0 spiro atoms. The molecule has 1 heteroatoms. The molecule has 1 atom stereocenters. The van der Waals surface area contributed by atoms with Gasteiger partial charge in [-0.25, -0.2) is 0 Å². The monoisotopic (exact) mass is 369 g/mol. The first-order valence-electron chi connectivity index (χ1n) is 12.3. The van der Waals surface area contributed by atoms with E-state index in [1.165, 1.54) is 95.5 Å². The summed E-state index contributed by atoms with van der Waals surface area (Å²) in [6.07, 6.45) is 24.0. The number of nitrogens with zero attached hydrogens (tertiary/aromatic N) is 1. The van der Waals surface area contributed by atoms with Crippen LogP contribution in [-0.2, 0) is 0 Å². The summed E-state index contributed by atoms with van der Waals surface area (Å²) >= 11 is 0. The Balaban J connectivity index is 1.49. The Morgan fingerprint density at radius 3 is 2.15 bits per heavy atom. The van der Waals surface area contributed by atoms with E-state index in [1.807, 2.05) is 0 Å². The highest BCUT2D eigenvalue weighted by Crippen LogP contribution is 2.51. The van der Waals surface area contributed by atoms with Gasteiger partial charge in [0, 0.05) is 0 Å². The molecule has 2 saturated carbocycles. The first-order valence-corrected chi connectivity index (χ1v) is 12.3. The minimum Gasteiger partial charge on any atom is -0.197 e. The zero-order valence-corrected chi connectivity index (χ0v) is 18.1. The third-order valence-electron chi connectivity index (χ3n) is 8.45. The van der Waals surface area contributed by atoms with Gasteiger partial charge in [0.1, 0.15) is 0 Å². The highest BCUT2D eigenvalue weighted by Gasteiger charge is 2.41. The molecule has 1 nitrogen and oxygen atoms in total. The predicted octanol–water partition coefficient (Wildman–Crippen LogP) is 8.21. The van der Waals surface area contributed by atoms with Crippen molar-refractivity contribution in [2.24, 2.45) is 29.1 Å². The van der Waals surface area contributed by atoms with E-state index in [2.05, 4.69) is 26.0 Å². The van der Waals surface area contributed by atoms with Crippen LogP contribution in [0.25, 0.3) is 0 Å². The Bertz CT molecular complexity index is 509. The lowest BCUT2D eigenvalue weighted by atomic mass is 9.61. The second-order valence-corrected chi connectivity index (χ2v) is 10.1. The molecular weight excluding hydrogens is 326 g/mol. The number of rotatable bonds is 7. The minimum atomic E-state index is -0.0913. The van der Waals surface area contributed by atoms with E-state index in [0.29, 0.717) is 0 Å². The maximum atomic E-state index is 10.1. The van der Waals surface area contributed by atoms with E-state index < -0.39 is 0 Å². The molecule has 3 aliphatic carbocycles. The smallest absolute Gasteiger partial charge is 0.0782 e. The maximum absolute atomic E-state index is 10.1. The Morgan fingerprint density at radius 1 is 0.889 bits per heavy atom. The Morgan fingerprint density at radius 2 is 1.59 bits per heavy atom. The highest BCUT2D eigenvalue weighted by atomic mass is 14.5. The van der Waals surface area contributed by atoms with Crippen LogP contribution in [0.15, 0.2) is 11.6 Å². The van der Waals surface area contributed by atoms with E-state index in [1.54, 1.807) is 0 Å². The average molecular weight is 370 g/mol. The van der Waals surface area contributed by atoms with Crippen LogP contribution in [0, 0.1) is 40.4 Å². The van der Waals surface area contributed by atoms with Crippen molar-refractivity contribution in [1.82, 2.24) is 0 Å². The molecule has 2 fully saturated rings. The summed E-state index contributed by atoms with van der Waals surface area (Å²) in [5, 5.41) is 10.1. The van der Waals surface area contributed by atoms with Crippen molar-refractivity contribution in [2.45, 2.75) is 117 Å². The molecule has 3 rings (SSSR count). The van der Waals surface area contributed by atoms with Crippen molar-refractivity contribution in [3.8, 4) is 6.07 Å². The standard InChI is InChI=1S/C26H43N/c1-3-5-7-22-8-12-23(13-9-22)24-16-18-26(20-27,19-17-24)25-14-10-21(6-4-2)11-15-25/h14,21-24H,3-13,15-19H2,1-2H3/t21-,22?,23?,24?,26?/m0/s1. The molecule has 152 valence electrons. The summed E-state index contributed by atoms with van der Waals surface area (Å²) in [6, 6.07) is 2.82. The van der Waals surface area contributed by atoms with Crippen molar-refractivity contribution in [1.29, 1.82) is 5.26 Å². The van der Waals surface area contributed by atoms with Gasteiger partial charge in [-0.05, 0) is 81.5 Å². The molecule has 0 unspecified atom stereocenters. The lowest BCUT2D eigenvalue weighted by Gasteiger charge is -2.42. The van der Waals surface area contributed by atoms with Crippen molar-refractivity contribution in [3.05, 3.63) is 11.6 Å². The fraction of sp³-hybridized carbons (Fsp3) is 0.885. The summed E-state index contributed by atoms with van der Waals surface area (Å²) in [7, 11) is 0. The Kier molecular flexibility index (Phi) is 7.86. The average Bonchev–Trinajstić information content (AvgIpc) is 2.73. The van der Waals surface area contributed by atoms with Gasteiger partial charge < -0.3 is 0 Å².